The van der Waals surface area contributed by atoms with Crippen LogP contribution in [0, 0.1) is 3.57 Å². The Kier molecular flexibility index (Phi) is 3.61. The molecule has 0 aromatic carbocycles. The summed E-state index contributed by atoms with van der Waals surface area (Å²) in [5, 5.41) is 0. The van der Waals surface area contributed by atoms with Crippen LogP contribution in [0.1, 0.15) is 26.5 Å². The Hall–Kier alpha value is -1.11. The number of fused-ring (bicyclic) bond motifs is 1. The summed E-state index contributed by atoms with van der Waals surface area (Å²) in [6, 6.07) is 3.92. The van der Waals surface area contributed by atoms with Gasteiger partial charge in [0.15, 0.2) is 0 Å². The molecule has 0 unspecified atom stereocenters. The molecule has 0 N–H and O–H groups in total. The first-order valence-electron chi connectivity index (χ1n) is 5.68. The van der Waals surface area contributed by atoms with Gasteiger partial charge in [0, 0.05) is 16.0 Å². The average molecular weight is 358 g/mol. The normalized spacial score (nSPS) is 11.8. The van der Waals surface area contributed by atoms with Gasteiger partial charge in [0.25, 0.3) is 0 Å². The SMILES string of the molecule is CC(C)(C)OC(=O)Cc1cn2cc(I)ccc2n1. The molecule has 0 bridgehead atoms. The van der Waals surface area contributed by atoms with E-state index in [4.69, 9.17) is 4.74 Å². The van der Waals surface area contributed by atoms with Crippen molar-refractivity contribution in [2.75, 3.05) is 0 Å². The highest BCUT2D eigenvalue weighted by molar-refractivity contribution is 14.1. The van der Waals surface area contributed by atoms with Gasteiger partial charge in [0.05, 0.1) is 12.1 Å². The summed E-state index contributed by atoms with van der Waals surface area (Å²) >= 11 is 2.24. The molecule has 5 heteroatoms. The van der Waals surface area contributed by atoms with Crippen molar-refractivity contribution in [1.29, 1.82) is 0 Å². The van der Waals surface area contributed by atoms with E-state index in [9.17, 15) is 4.79 Å². The molecule has 96 valence electrons. The number of nitrogens with zero attached hydrogens (tertiary/aromatic N) is 2. The Labute approximate surface area is 119 Å². The van der Waals surface area contributed by atoms with E-state index in [0.29, 0.717) is 0 Å². The molecule has 18 heavy (non-hydrogen) atoms. The fourth-order valence-corrected chi connectivity index (χ4v) is 2.11. The van der Waals surface area contributed by atoms with Gasteiger partial charge in [0.2, 0.25) is 0 Å². The van der Waals surface area contributed by atoms with Crippen LogP contribution in [0.25, 0.3) is 5.65 Å². The molecule has 0 aliphatic heterocycles. The van der Waals surface area contributed by atoms with Gasteiger partial charge in [0.1, 0.15) is 11.2 Å². The lowest BCUT2D eigenvalue weighted by Crippen LogP contribution is -2.24. The third-order valence-electron chi connectivity index (χ3n) is 2.21. The first-order valence-corrected chi connectivity index (χ1v) is 6.76. The van der Waals surface area contributed by atoms with E-state index in [-0.39, 0.29) is 12.4 Å². The molecule has 4 nitrogen and oxygen atoms in total. The number of aromatic nitrogens is 2. The zero-order valence-electron chi connectivity index (χ0n) is 10.6. The minimum absolute atomic E-state index is 0.204. The summed E-state index contributed by atoms with van der Waals surface area (Å²) in [7, 11) is 0. The number of halogens is 1. The molecule has 0 spiro atoms. The van der Waals surface area contributed by atoms with Crippen LogP contribution in [0.2, 0.25) is 0 Å². The maximum Gasteiger partial charge on any atom is 0.312 e. The molecule has 0 aliphatic rings. The third kappa shape index (κ3) is 3.44. The van der Waals surface area contributed by atoms with Crippen LogP contribution in [0.3, 0.4) is 0 Å². The minimum atomic E-state index is -0.453. The fraction of sp³-hybridized carbons (Fsp3) is 0.385. The smallest absolute Gasteiger partial charge is 0.312 e. The van der Waals surface area contributed by atoms with Gasteiger partial charge in [-0.1, -0.05) is 0 Å². The van der Waals surface area contributed by atoms with E-state index in [2.05, 4.69) is 27.6 Å². The van der Waals surface area contributed by atoms with E-state index in [1.54, 1.807) is 0 Å². The van der Waals surface area contributed by atoms with Gasteiger partial charge in [-0.3, -0.25) is 4.79 Å². The monoisotopic (exact) mass is 358 g/mol. The molecule has 2 aromatic rings. The summed E-state index contributed by atoms with van der Waals surface area (Å²) < 4.78 is 8.32. The molecular formula is C13H15IN2O2. The first-order chi connectivity index (χ1) is 8.33. The van der Waals surface area contributed by atoms with Crippen molar-refractivity contribution >= 4 is 34.2 Å². The number of rotatable bonds is 2. The standard InChI is InChI=1S/C13H15IN2O2/c1-13(2,3)18-12(17)6-10-8-16-7-9(14)4-5-11(16)15-10/h4-5,7-8H,6H2,1-3H3. The van der Waals surface area contributed by atoms with Crippen LogP contribution < -0.4 is 0 Å². The fourth-order valence-electron chi connectivity index (χ4n) is 1.63. The van der Waals surface area contributed by atoms with Gasteiger partial charge < -0.3 is 9.14 Å². The summed E-state index contributed by atoms with van der Waals surface area (Å²) in [5.74, 6) is -0.249. The quantitative estimate of drug-likeness (QED) is 0.613. The van der Waals surface area contributed by atoms with Crippen LogP contribution in [0.5, 0.6) is 0 Å². The largest absolute Gasteiger partial charge is 0.460 e. The second-order valence-corrected chi connectivity index (χ2v) is 6.35. The summed E-state index contributed by atoms with van der Waals surface area (Å²) in [5.41, 5.74) is 1.12. The number of hydrogen-bond donors (Lipinski definition) is 0. The second kappa shape index (κ2) is 4.87. The topological polar surface area (TPSA) is 43.6 Å². The number of esters is 1. The van der Waals surface area contributed by atoms with E-state index >= 15 is 0 Å². The van der Waals surface area contributed by atoms with Crippen molar-refractivity contribution in [3.05, 3.63) is 33.8 Å². The highest BCUT2D eigenvalue weighted by atomic mass is 127. The maximum atomic E-state index is 11.7. The van der Waals surface area contributed by atoms with Crippen molar-refractivity contribution in [3.8, 4) is 0 Å². The molecule has 2 rings (SSSR count). The lowest BCUT2D eigenvalue weighted by atomic mass is 10.2. The Balaban J connectivity index is 2.15. The summed E-state index contributed by atoms with van der Waals surface area (Å²) in [6.45, 7) is 5.57. The lowest BCUT2D eigenvalue weighted by Gasteiger charge is -2.18. The van der Waals surface area contributed by atoms with Crippen molar-refractivity contribution in [2.24, 2.45) is 0 Å². The van der Waals surface area contributed by atoms with E-state index in [1.165, 1.54) is 0 Å². The van der Waals surface area contributed by atoms with Crippen molar-refractivity contribution in [3.63, 3.8) is 0 Å². The Morgan fingerprint density at radius 3 is 2.78 bits per heavy atom. The molecular weight excluding hydrogens is 343 g/mol. The van der Waals surface area contributed by atoms with Crippen LogP contribution in [-0.4, -0.2) is 21.0 Å². The predicted octanol–water partition coefficient (Wildman–Crippen LogP) is 2.82. The third-order valence-corrected chi connectivity index (χ3v) is 2.85. The van der Waals surface area contributed by atoms with E-state index in [0.717, 1.165) is 14.9 Å². The molecule has 0 amide bonds. The van der Waals surface area contributed by atoms with Gasteiger partial charge in [-0.05, 0) is 55.5 Å². The molecule has 0 saturated carbocycles. The number of hydrogen-bond acceptors (Lipinski definition) is 3. The number of ether oxygens (including phenoxy) is 1. The highest BCUT2D eigenvalue weighted by Crippen LogP contribution is 2.12. The van der Waals surface area contributed by atoms with Crippen molar-refractivity contribution in [2.45, 2.75) is 32.8 Å². The molecule has 2 heterocycles. The predicted molar refractivity (Wildman–Crippen MR) is 77.5 cm³/mol. The first kappa shape index (κ1) is 13.3. The minimum Gasteiger partial charge on any atom is -0.460 e. The molecule has 0 radical (unpaired) electrons. The number of imidazole rings is 1. The summed E-state index contributed by atoms with van der Waals surface area (Å²) in [4.78, 5) is 16.1. The highest BCUT2D eigenvalue weighted by Gasteiger charge is 2.17. The van der Waals surface area contributed by atoms with Gasteiger partial charge in [-0.15, -0.1) is 0 Å². The van der Waals surface area contributed by atoms with Crippen molar-refractivity contribution < 1.29 is 9.53 Å². The average Bonchev–Trinajstić information content (AvgIpc) is 2.55. The van der Waals surface area contributed by atoms with E-state index < -0.39 is 5.60 Å². The Bertz CT molecular complexity index is 584. The zero-order valence-corrected chi connectivity index (χ0v) is 12.8. The molecule has 0 aliphatic carbocycles. The van der Waals surface area contributed by atoms with Gasteiger partial charge >= 0.3 is 5.97 Å². The maximum absolute atomic E-state index is 11.7. The summed E-state index contributed by atoms with van der Waals surface area (Å²) in [6.07, 6.45) is 4.04. The van der Waals surface area contributed by atoms with Gasteiger partial charge in [-0.25, -0.2) is 4.98 Å². The van der Waals surface area contributed by atoms with Crippen LogP contribution in [-0.2, 0) is 16.0 Å². The number of carbonyl (C=O) groups excluding carboxylic acids is 1. The second-order valence-electron chi connectivity index (χ2n) is 5.11. The zero-order chi connectivity index (χ0) is 13.3. The lowest BCUT2D eigenvalue weighted by molar-refractivity contribution is -0.153. The molecule has 0 atom stereocenters. The van der Waals surface area contributed by atoms with Crippen molar-refractivity contribution in [1.82, 2.24) is 9.38 Å². The molecule has 0 saturated heterocycles. The van der Waals surface area contributed by atoms with Crippen LogP contribution in [0.4, 0.5) is 0 Å². The van der Waals surface area contributed by atoms with Crippen LogP contribution in [0.15, 0.2) is 24.5 Å². The Morgan fingerprint density at radius 1 is 1.39 bits per heavy atom. The number of carbonyl (C=O) groups is 1. The van der Waals surface area contributed by atoms with Crippen LogP contribution >= 0.6 is 22.6 Å². The number of pyridine rings is 1. The van der Waals surface area contributed by atoms with E-state index in [1.807, 2.05) is 49.7 Å². The molecule has 2 aromatic heterocycles. The van der Waals surface area contributed by atoms with Gasteiger partial charge in [-0.2, -0.15) is 0 Å². The Morgan fingerprint density at radius 2 is 2.11 bits per heavy atom. The molecule has 0 fully saturated rings.